The number of nitrogens with zero attached hydrogens (tertiary/aromatic N) is 1. The van der Waals surface area contributed by atoms with Gasteiger partial charge in [0.15, 0.2) is 0 Å². The molecule has 0 aromatic rings. The van der Waals surface area contributed by atoms with Crippen molar-refractivity contribution in [3.8, 4) is 0 Å². The lowest BCUT2D eigenvalue weighted by Crippen LogP contribution is -2.53. The second-order valence-electron chi connectivity index (χ2n) is 5.49. The summed E-state index contributed by atoms with van der Waals surface area (Å²) in [4.78, 5) is 2.88. The van der Waals surface area contributed by atoms with Gasteiger partial charge in [-0.15, -0.1) is 0 Å². The molecule has 2 fully saturated rings. The zero-order valence-corrected chi connectivity index (χ0v) is 10.5. The molecule has 1 heteroatoms. The van der Waals surface area contributed by atoms with Crippen LogP contribution in [0, 0.1) is 5.92 Å². The standard InChI is InChI=1S/C14H27N/c1-3-7-13-10-9-12(4-2)14-8-5-6-11-15(13)14/h12-14H,3-11H2,1-2H3/t12-,13-,14+/m1/s1. The Morgan fingerprint density at radius 2 is 1.93 bits per heavy atom. The SMILES string of the molecule is CCC[C@@H]1CC[C@@H](CC)[C@@H]2CCCCN12. The van der Waals surface area contributed by atoms with Gasteiger partial charge in [-0.2, -0.15) is 0 Å². The Morgan fingerprint density at radius 1 is 1.07 bits per heavy atom. The molecule has 0 aromatic carbocycles. The Labute approximate surface area is 95.2 Å². The van der Waals surface area contributed by atoms with Gasteiger partial charge in [0, 0.05) is 12.1 Å². The summed E-state index contributed by atoms with van der Waals surface area (Å²) in [7, 11) is 0. The Morgan fingerprint density at radius 3 is 2.67 bits per heavy atom. The molecule has 0 spiro atoms. The second-order valence-corrected chi connectivity index (χ2v) is 5.49. The van der Waals surface area contributed by atoms with E-state index in [1.807, 2.05) is 0 Å². The van der Waals surface area contributed by atoms with Crippen LogP contribution in [-0.2, 0) is 0 Å². The van der Waals surface area contributed by atoms with E-state index in [1.54, 1.807) is 0 Å². The topological polar surface area (TPSA) is 3.24 Å². The molecule has 0 N–H and O–H groups in total. The molecule has 1 nitrogen and oxygen atoms in total. The van der Waals surface area contributed by atoms with Crippen molar-refractivity contribution in [2.45, 2.75) is 77.3 Å². The number of piperidine rings is 2. The van der Waals surface area contributed by atoms with E-state index in [0.717, 1.165) is 18.0 Å². The Balaban J connectivity index is 2.01. The zero-order valence-electron chi connectivity index (χ0n) is 10.5. The van der Waals surface area contributed by atoms with Crippen LogP contribution in [0.5, 0.6) is 0 Å². The zero-order chi connectivity index (χ0) is 10.7. The molecular weight excluding hydrogens is 182 g/mol. The highest BCUT2D eigenvalue weighted by atomic mass is 15.2. The quantitative estimate of drug-likeness (QED) is 0.683. The van der Waals surface area contributed by atoms with Crippen molar-refractivity contribution < 1.29 is 0 Å². The highest BCUT2D eigenvalue weighted by Crippen LogP contribution is 2.37. The summed E-state index contributed by atoms with van der Waals surface area (Å²) in [5, 5.41) is 0. The van der Waals surface area contributed by atoms with Crippen LogP contribution in [0.2, 0.25) is 0 Å². The summed E-state index contributed by atoms with van der Waals surface area (Å²) in [6.07, 6.45) is 11.6. The maximum atomic E-state index is 2.88. The molecule has 2 saturated heterocycles. The van der Waals surface area contributed by atoms with E-state index in [4.69, 9.17) is 0 Å². The second kappa shape index (κ2) is 5.34. The average Bonchev–Trinajstić information content (AvgIpc) is 2.30. The van der Waals surface area contributed by atoms with Gasteiger partial charge in [-0.1, -0.05) is 33.1 Å². The van der Waals surface area contributed by atoms with Crippen LogP contribution in [0.1, 0.15) is 65.2 Å². The monoisotopic (exact) mass is 209 g/mol. The lowest BCUT2D eigenvalue weighted by molar-refractivity contribution is 0.00700. The molecule has 0 radical (unpaired) electrons. The van der Waals surface area contributed by atoms with Crippen LogP contribution >= 0.6 is 0 Å². The summed E-state index contributed by atoms with van der Waals surface area (Å²) in [5.74, 6) is 1.01. The molecule has 0 aromatic heterocycles. The highest BCUT2D eigenvalue weighted by molar-refractivity contribution is 4.91. The smallest absolute Gasteiger partial charge is 0.0126 e. The van der Waals surface area contributed by atoms with Crippen molar-refractivity contribution in [1.29, 1.82) is 0 Å². The minimum atomic E-state index is 0.933. The first-order chi connectivity index (χ1) is 7.36. The molecule has 0 amide bonds. The number of hydrogen-bond acceptors (Lipinski definition) is 1. The first kappa shape index (κ1) is 11.4. The minimum absolute atomic E-state index is 0.933. The van der Waals surface area contributed by atoms with Gasteiger partial charge in [-0.05, 0) is 44.6 Å². The summed E-state index contributed by atoms with van der Waals surface area (Å²) >= 11 is 0. The van der Waals surface area contributed by atoms with E-state index in [1.165, 1.54) is 57.9 Å². The predicted molar refractivity (Wildman–Crippen MR) is 66.1 cm³/mol. The first-order valence-corrected chi connectivity index (χ1v) is 7.12. The Kier molecular flexibility index (Phi) is 4.07. The molecular formula is C14H27N. The number of fused-ring (bicyclic) bond motifs is 1. The van der Waals surface area contributed by atoms with Gasteiger partial charge in [0.05, 0.1) is 0 Å². The maximum absolute atomic E-state index is 2.88. The van der Waals surface area contributed by atoms with Gasteiger partial charge >= 0.3 is 0 Å². The minimum Gasteiger partial charge on any atom is -0.297 e. The van der Waals surface area contributed by atoms with Gasteiger partial charge < -0.3 is 0 Å². The molecule has 2 aliphatic rings. The molecule has 15 heavy (non-hydrogen) atoms. The molecule has 0 saturated carbocycles. The van der Waals surface area contributed by atoms with E-state index in [-0.39, 0.29) is 0 Å². The van der Waals surface area contributed by atoms with Crippen molar-refractivity contribution in [2.24, 2.45) is 5.92 Å². The van der Waals surface area contributed by atoms with Crippen LogP contribution in [0.4, 0.5) is 0 Å². The van der Waals surface area contributed by atoms with Crippen molar-refractivity contribution in [1.82, 2.24) is 4.90 Å². The Hall–Kier alpha value is -0.0400. The fourth-order valence-corrected chi connectivity index (χ4v) is 3.82. The predicted octanol–water partition coefficient (Wildman–Crippen LogP) is 3.83. The van der Waals surface area contributed by atoms with Crippen LogP contribution in [0.25, 0.3) is 0 Å². The van der Waals surface area contributed by atoms with Crippen LogP contribution in [-0.4, -0.2) is 23.5 Å². The van der Waals surface area contributed by atoms with Crippen LogP contribution in [0.15, 0.2) is 0 Å². The van der Waals surface area contributed by atoms with E-state index >= 15 is 0 Å². The normalized spacial score (nSPS) is 37.6. The fourth-order valence-electron chi connectivity index (χ4n) is 3.82. The molecule has 2 aliphatic heterocycles. The van der Waals surface area contributed by atoms with Crippen molar-refractivity contribution in [3.63, 3.8) is 0 Å². The van der Waals surface area contributed by atoms with E-state index in [2.05, 4.69) is 18.7 Å². The largest absolute Gasteiger partial charge is 0.297 e. The lowest BCUT2D eigenvalue weighted by Gasteiger charge is -2.49. The highest BCUT2D eigenvalue weighted by Gasteiger charge is 2.36. The summed E-state index contributed by atoms with van der Waals surface area (Å²) in [6.45, 7) is 6.12. The summed E-state index contributed by atoms with van der Waals surface area (Å²) in [5.41, 5.74) is 0. The van der Waals surface area contributed by atoms with Crippen LogP contribution < -0.4 is 0 Å². The summed E-state index contributed by atoms with van der Waals surface area (Å²) in [6, 6.07) is 1.89. The average molecular weight is 209 g/mol. The van der Waals surface area contributed by atoms with Gasteiger partial charge in [-0.25, -0.2) is 0 Å². The van der Waals surface area contributed by atoms with Crippen molar-refractivity contribution >= 4 is 0 Å². The summed E-state index contributed by atoms with van der Waals surface area (Å²) < 4.78 is 0. The maximum Gasteiger partial charge on any atom is 0.0126 e. The molecule has 3 atom stereocenters. The van der Waals surface area contributed by atoms with Crippen molar-refractivity contribution in [2.75, 3.05) is 6.54 Å². The van der Waals surface area contributed by atoms with E-state index < -0.39 is 0 Å². The van der Waals surface area contributed by atoms with Gasteiger partial charge in [0.1, 0.15) is 0 Å². The molecule has 0 aliphatic carbocycles. The molecule has 88 valence electrons. The third-order valence-corrected chi connectivity index (χ3v) is 4.62. The van der Waals surface area contributed by atoms with Gasteiger partial charge in [-0.3, -0.25) is 4.90 Å². The fraction of sp³-hybridized carbons (Fsp3) is 1.00. The molecule has 2 heterocycles. The lowest BCUT2D eigenvalue weighted by atomic mass is 9.78. The van der Waals surface area contributed by atoms with Gasteiger partial charge in [0.2, 0.25) is 0 Å². The number of rotatable bonds is 3. The van der Waals surface area contributed by atoms with E-state index in [9.17, 15) is 0 Å². The van der Waals surface area contributed by atoms with E-state index in [0.29, 0.717) is 0 Å². The van der Waals surface area contributed by atoms with Crippen LogP contribution in [0.3, 0.4) is 0 Å². The van der Waals surface area contributed by atoms with Crippen molar-refractivity contribution in [3.05, 3.63) is 0 Å². The third-order valence-electron chi connectivity index (χ3n) is 4.62. The third kappa shape index (κ3) is 2.38. The Bertz CT molecular complexity index is 190. The number of hydrogen-bond donors (Lipinski definition) is 0. The van der Waals surface area contributed by atoms with Gasteiger partial charge in [0.25, 0.3) is 0 Å². The first-order valence-electron chi connectivity index (χ1n) is 7.12. The molecule has 0 unspecified atom stereocenters. The molecule has 2 rings (SSSR count). The molecule has 0 bridgehead atoms.